The lowest BCUT2D eigenvalue weighted by Gasteiger charge is -2.20. The molecule has 33 heavy (non-hydrogen) atoms. The molecule has 0 aliphatic rings. The van der Waals surface area contributed by atoms with Crippen LogP contribution in [0.2, 0.25) is 0 Å². The Morgan fingerprint density at radius 1 is 0.970 bits per heavy atom. The Hall–Kier alpha value is -3.21. The van der Waals surface area contributed by atoms with E-state index >= 15 is 0 Å². The number of rotatable bonds is 8. The summed E-state index contributed by atoms with van der Waals surface area (Å²) >= 11 is 2.83. The van der Waals surface area contributed by atoms with Crippen LogP contribution in [0, 0.1) is 0 Å². The smallest absolute Gasteiger partial charge is 0.264 e. The standard InChI is InChI=1S/C23H20N4O3S3/c1-27(33(29,30)20-13-6-3-7-14-20)19-12-8-11-18(15-19)21(28)24-22-25-26-23(32-22)31-16-17-9-4-2-5-10-17/h2-15H,16H2,1H3,(H,24,25,28). The second-order valence-corrected chi connectivity index (χ2v) is 11.1. The van der Waals surface area contributed by atoms with Crippen LogP contribution in [0.5, 0.6) is 0 Å². The number of thioether (sulfide) groups is 1. The van der Waals surface area contributed by atoms with Crippen LogP contribution in [0.1, 0.15) is 15.9 Å². The Morgan fingerprint density at radius 2 is 1.67 bits per heavy atom. The average Bonchev–Trinajstić information content (AvgIpc) is 3.30. The highest BCUT2D eigenvalue weighted by atomic mass is 32.2. The van der Waals surface area contributed by atoms with Gasteiger partial charge in [0.1, 0.15) is 0 Å². The van der Waals surface area contributed by atoms with Gasteiger partial charge in [-0.05, 0) is 35.9 Å². The van der Waals surface area contributed by atoms with Crippen LogP contribution in [0.3, 0.4) is 0 Å². The van der Waals surface area contributed by atoms with Gasteiger partial charge in [-0.25, -0.2) is 8.42 Å². The summed E-state index contributed by atoms with van der Waals surface area (Å²) in [5.41, 5.74) is 1.87. The molecule has 0 unspecified atom stereocenters. The summed E-state index contributed by atoms with van der Waals surface area (Å²) in [5, 5.41) is 11.3. The van der Waals surface area contributed by atoms with Crippen molar-refractivity contribution < 1.29 is 13.2 Å². The number of aromatic nitrogens is 2. The Labute approximate surface area is 200 Å². The summed E-state index contributed by atoms with van der Waals surface area (Å²) in [4.78, 5) is 12.9. The second kappa shape index (κ2) is 10.2. The summed E-state index contributed by atoms with van der Waals surface area (Å²) in [5.74, 6) is 0.367. The van der Waals surface area contributed by atoms with Gasteiger partial charge in [-0.1, -0.05) is 77.7 Å². The first-order valence-corrected chi connectivity index (χ1v) is 13.1. The molecular formula is C23H20N4O3S3. The fourth-order valence-corrected chi connectivity index (χ4v) is 5.85. The highest BCUT2D eigenvalue weighted by Crippen LogP contribution is 2.29. The van der Waals surface area contributed by atoms with Crippen LogP contribution in [0.15, 0.2) is 94.2 Å². The topological polar surface area (TPSA) is 92.3 Å². The highest BCUT2D eigenvalue weighted by molar-refractivity contribution is 8.00. The van der Waals surface area contributed by atoms with Gasteiger partial charge >= 0.3 is 0 Å². The van der Waals surface area contributed by atoms with E-state index in [2.05, 4.69) is 15.5 Å². The van der Waals surface area contributed by atoms with Crippen molar-refractivity contribution in [3.05, 3.63) is 96.1 Å². The van der Waals surface area contributed by atoms with Crippen molar-refractivity contribution in [1.82, 2.24) is 10.2 Å². The van der Waals surface area contributed by atoms with E-state index in [-0.39, 0.29) is 4.90 Å². The lowest BCUT2D eigenvalue weighted by atomic mass is 10.2. The molecule has 0 aliphatic heterocycles. The minimum atomic E-state index is -3.74. The Balaban J connectivity index is 1.43. The van der Waals surface area contributed by atoms with Crippen molar-refractivity contribution in [2.75, 3.05) is 16.7 Å². The Bertz CT molecular complexity index is 1340. The van der Waals surface area contributed by atoms with Crippen molar-refractivity contribution in [2.24, 2.45) is 0 Å². The molecule has 4 rings (SSSR count). The molecular weight excluding hydrogens is 476 g/mol. The highest BCUT2D eigenvalue weighted by Gasteiger charge is 2.22. The predicted octanol–water partition coefficient (Wildman–Crippen LogP) is 4.91. The Kier molecular flexibility index (Phi) is 7.07. The quantitative estimate of drug-likeness (QED) is 0.275. The molecule has 10 heteroatoms. The summed E-state index contributed by atoms with van der Waals surface area (Å²) in [6, 6.07) is 24.6. The third-order valence-corrected chi connectivity index (χ3v) is 8.55. The molecule has 168 valence electrons. The number of anilines is 2. The van der Waals surface area contributed by atoms with Crippen LogP contribution in [0.4, 0.5) is 10.8 Å². The van der Waals surface area contributed by atoms with E-state index in [4.69, 9.17) is 0 Å². The molecule has 0 saturated heterocycles. The second-order valence-electron chi connectivity index (χ2n) is 6.94. The van der Waals surface area contributed by atoms with Gasteiger partial charge in [0.2, 0.25) is 5.13 Å². The lowest BCUT2D eigenvalue weighted by molar-refractivity contribution is 0.102. The predicted molar refractivity (Wildman–Crippen MR) is 132 cm³/mol. The molecule has 1 N–H and O–H groups in total. The maximum atomic E-state index is 12.9. The number of nitrogens with zero attached hydrogens (tertiary/aromatic N) is 3. The van der Waals surface area contributed by atoms with Gasteiger partial charge in [-0.3, -0.25) is 14.4 Å². The monoisotopic (exact) mass is 496 g/mol. The number of hydrogen-bond acceptors (Lipinski definition) is 7. The number of benzene rings is 3. The molecule has 0 radical (unpaired) electrons. The average molecular weight is 497 g/mol. The number of nitrogens with one attached hydrogen (secondary N) is 1. The minimum Gasteiger partial charge on any atom is -0.296 e. The number of carbonyl (C=O) groups is 1. The van der Waals surface area contributed by atoms with Gasteiger partial charge in [0.15, 0.2) is 4.34 Å². The van der Waals surface area contributed by atoms with E-state index < -0.39 is 15.9 Å². The fourth-order valence-electron chi connectivity index (χ4n) is 2.94. The van der Waals surface area contributed by atoms with Crippen molar-refractivity contribution in [2.45, 2.75) is 15.0 Å². The van der Waals surface area contributed by atoms with E-state index in [0.717, 1.165) is 14.4 Å². The fraction of sp³-hybridized carbons (Fsp3) is 0.0870. The zero-order valence-electron chi connectivity index (χ0n) is 17.6. The van der Waals surface area contributed by atoms with Crippen LogP contribution >= 0.6 is 23.1 Å². The zero-order valence-corrected chi connectivity index (χ0v) is 20.0. The number of sulfonamides is 1. The van der Waals surface area contributed by atoms with Crippen molar-refractivity contribution in [1.29, 1.82) is 0 Å². The van der Waals surface area contributed by atoms with Crippen molar-refractivity contribution in [3.63, 3.8) is 0 Å². The van der Waals surface area contributed by atoms with Gasteiger partial charge in [0.25, 0.3) is 15.9 Å². The molecule has 4 aromatic rings. The summed E-state index contributed by atoms with van der Waals surface area (Å²) in [7, 11) is -2.28. The van der Waals surface area contributed by atoms with Crippen molar-refractivity contribution >= 4 is 49.8 Å². The lowest BCUT2D eigenvalue weighted by Crippen LogP contribution is -2.26. The largest absolute Gasteiger partial charge is 0.296 e. The molecule has 0 bridgehead atoms. The van der Waals surface area contributed by atoms with Gasteiger partial charge in [0, 0.05) is 18.4 Å². The van der Waals surface area contributed by atoms with Crippen LogP contribution in [0.25, 0.3) is 0 Å². The molecule has 0 atom stereocenters. The first-order valence-electron chi connectivity index (χ1n) is 9.89. The molecule has 7 nitrogen and oxygen atoms in total. The van der Waals surface area contributed by atoms with Gasteiger partial charge in [-0.2, -0.15) is 0 Å². The third-order valence-electron chi connectivity index (χ3n) is 4.71. The summed E-state index contributed by atoms with van der Waals surface area (Å²) in [6.45, 7) is 0. The molecule has 0 saturated carbocycles. The number of hydrogen-bond donors (Lipinski definition) is 1. The van der Waals surface area contributed by atoms with E-state index in [0.29, 0.717) is 16.4 Å². The molecule has 0 aliphatic carbocycles. The van der Waals surface area contributed by atoms with Crippen LogP contribution in [-0.2, 0) is 15.8 Å². The van der Waals surface area contributed by atoms with E-state index in [1.54, 1.807) is 48.2 Å². The molecule has 1 aromatic heterocycles. The van der Waals surface area contributed by atoms with Crippen LogP contribution < -0.4 is 9.62 Å². The van der Waals surface area contributed by atoms with E-state index in [1.807, 2.05) is 30.3 Å². The van der Waals surface area contributed by atoms with E-state index in [1.165, 1.54) is 42.1 Å². The Morgan fingerprint density at radius 3 is 2.39 bits per heavy atom. The molecule has 0 fully saturated rings. The third kappa shape index (κ3) is 5.59. The molecule has 1 heterocycles. The first-order chi connectivity index (χ1) is 15.9. The molecule has 3 aromatic carbocycles. The molecule has 0 spiro atoms. The first kappa shape index (κ1) is 23.0. The van der Waals surface area contributed by atoms with Gasteiger partial charge < -0.3 is 0 Å². The number of carbonyl (C=O) groups excluding carboxylic acids is 1. The molecule has 1 amide bonds. The van der Waals surface area contributed by atoms with Crippen molar-refractivity contribution in [3.8, 4) is 0 Å². The maximum absolute atomic E-state index is 12.9. The van der Waals surface area contributed by atoms with Gasteiger partial charge in [0.05, 0.1) is 10.6 Å². The normalized spacial score (nSPS) is 11.2. The van der Waals surface area contributed by atoms with Crippen LogP contribution in [-0.4, -0.2) is 31.6 Å². The van der Waals surface area contributed by atoms with Gasteiger partial charge in [-0.15, -0.1) is 10.2 Å². The zero-order chi connectivity index (χ0) is 23.3. The number of amides is 1. The summed E-state index contributed by atoms with van der Waals surface area (Å²) < 4.78 is 27.7. The van der Waals surface area contributed by atoms with E-state index in [9.17, 15) is 13.2 Å². The maximum Gasteiger partial charge on any atom is 0.264 e. The SMILES string of the molecule is CN(c1cccc(C(=O)Nc2nnc(SCc3ccccc3)s2)c1)S(=O)(=O)c1ccccc1. The minimum absolute atomic E-state index is 0.178. The summed E-state index contributed by atoms with van der Waals surface area (Å²) in [6.07, 6.45) is 0.